The molecule has 0 aromatic carbocycles. The van der Waals surface area contributed by atoms with E-state index in [1.807, 2.05) is 0 Å². The largest absolute Gasteiger partial charge is 0.607 e. The Balaban J connectivity index is 0. The quantitative estimate of drug-likeness (QED) is 0.192. The molecule has 0 radical (unpaired) electrons. The average molecular weight is 260 g/mol. The van der Waals surface area contributed by atoms with E-state index in [4.69, 9.17) is 35.0 Å². The Hall–Kier alpha value is -0.510. The van der Waals surface area contributed by atoms with Gasteiger partial charge in [-0.2, -0.15) is 0 Å². The maximum absolute atomic E-state index is 9.90. The van der Waals surface area contributed by atoms with Crippen molar-refractivity contribution >= 4 is 14.5 Å². The molecule has 0 aliphatic heterocycles. The van der Waals surface area contributed by atoms with Crippen molar-refractivity contribution in [2.24, 2.45) is 5.50 Å². The minimum atomic E-state index is -2.37. The van der Waals surface area contributed by atoms with E-state index in [-0.39, 0.29) is 6.29 Å². The Kier molecular flexibility index (Phi) is 10.8. The normalized spacial score (nSPS) is 18.6. The first-order chi connectivity index (χ1) is 7.27. The van der Waals surface area contributed by atoms with Gasteiger partial charge in [0.2, 0.25) is 0 Å². The Morgan fingerprint density at radius 1 is 1.19 bits per heavy atom. The molecule has 8 N–H and O–H groups in total. The van der Waals surface area contributed by atoms with Gasteiger partial charge in [0.25, 0.3) is 0 Å². The van der Waals surface area contributed by atoms with Crippen molar-refractivity contribution in [1.82, 2.24) is 0 Å². The Labute approximate surface area is 91.7 Å². The lowest BCUT2D eigenvalue weighted by Crippen LogP contribution is -2.46. The van der Waals surface area contributed by atoms with E-state index in [0.717, 1.165) is 0 Å². The third kappa shape index (κ3) is 8.77. The van der Waals surface area contributed by atoms with Gasteiger partial charge in [-0.25, -0.2) is 0 Å². The smallest absolute Gasteiger partial charge is 0.394 e. The second-order valence-electron chi connectivity index (χ2n) is 2.66. The maximum atomic E-state index is 9.90. The summed E-state index contributed by atoms with van der Waals surface area (Å²) in [6.07, 6.45) is -6.84. The number of aldehydes is 1. The highest BCUT2D eigenvalue weighted by atomic mass is 31.1. The summed E-state index contributed by atoms with van der Waals surface area (Å²) < 4.78 is 8.93. The van der Waals surface area contributed by atoms with Crippen LogP contribution in [0, 0.1) is 0 Å². The van der Waals surface area contributed by atoms with Gasteiger partial charge in [0.1, 0.15) is 24.4 Å². The van der Waals surface area contributed by atoms with Crippen LogP contribution in [0.3, 0.4) is 0 Å². The minimum Gasteiger partial charge on any atom is -0.394 e. The summed E-state index contributed by atoms with van der Waals surface area (Å²) in [5.41, 5.74) is 4.18. The molecule has 0 aliphatic rings. The van der Waals surface area contributed by atoms with Crippen LogP contribution in [0.1, 0.15) is 0 Å². The summed E-state index contributed by atoms with van der Waals surface area (Å²) in [5, 5.41) is 43.5. The highest BCUT2D eigenvalue weighted by molar-refractivity contribution is 7.35. The van der Waals surface area contributed by atoms with E-state index in [2.05, 4.69) is 5.50 Å². The first kappa shape index (κ1) is 17.9. The number of hydrogen-bond acceptors (Lipinski definition) is 7. The molecule has 0 aliphatic carbocycles. The third-order valence-corrected chi connectivity index (χ3v) is 1.42. The summed E-state index contributed by atoms with van der Waals surface area (Å²) in [4.78, 5) is 17.2. The lowest BCUT2D eigenvalue weighted by atomic mass is 10.0. The minimum absolute atomic E-state index is 0.0258. The molecule has 0 fully saturated rings. The van der Waals surface area contributed by atoms with Crippen molar-refractivity contribution in [3.05, 3.63) is 0 Å². The summed E-state index contributed by atoms with van der Waals surface area (Å²) in [5.74, 6) is 0. The molecule has 0 bridgehead atoms. The second kappa shape index (κ2) is 9.70. The summed E-state index contributed by atoms with van der Waals surface area (Å²) in [6.45, 7) is -0.760. The van der Waals surface area contributed by atoms with Gasteiger partial charge in [-0.3, -0.25) is 0 Å². The van der Waals surface area contributed by atoms with E-state index in [1.54, 1.807) is 0 Å². The van der Waals surface area contributed by atoms with Crippen molar-refractivity contribution < 1.29 is 39.8 Å². The van der Waals surface area contributed by atoms with E-state index in [1.165, 1.54) is 0 Å². The Morgan fingerprint density at radius 2 is 1.56 bits per heavy atom. The van der Waals surface area contributed by atoms with Gasteiger partial charge in [-0.15, -0.1) is 4.89 Å². The van der Waals surface area contributed by atoms with E-state index in [0.29, 0.717) is 0 Å². The molecule has 16 heavy (non-hydrogen) atoms. The molecule has 0 heterocycles. The zero-order chi connectivity index (χ0) is 13.3. The summed E-state index contributed by atoms with van der Waals surface area (Å²) >= 11 is 0. The molecule has 0 aromatic heterocycles. The first-order valence-electron chi connectivity index (χ1n) is 3.97. The first-order valence-corrected chi connectivity index (χ1v) is 5.25. The molecule has 96 valence electrons. The van der Waals surface area contributed by atoms with Crippen molar-refractivity contribution in [2.45, 2.75) is 24.4 Å². The monoisotopic (exact) mass is 260 g/mol. The lowest BCUT2D eigenvalue weighted by Gasteiger charge is -2.22. The van der Waals surface area contributed by atoms with Crippen LogP contribution in [0.4, 0.5) is 0 Å². The average Bonchev–Trinajstić information content (AvgIpc) is 2.24. The topological polar surface area (TPSA) is 182 Å². The van der Waals surface area contributed by atoms with Gasteiger partial charge in [-0.05, 0) is 4.57 Å². The molecule has 5 unspecified atom stereocenters. The van der Waals surface area contributed by atoms with Crippen LogP contribution in [0.5, 0.6) is 0 Å². The molecule has 0 saturated heterocycles. The van der Waals surface area contributed by atoms with Crippen LogP contribution >= 0.6 is 8.18 Å². The molecular formula is C6H15NO8P+. The molecule has 5 atom stereocenters. The molecule has 0 rings (SSSR count). The Morgan fingerprint density at radius 3 is 1.81 bits per heavy atom. The fourth-order valence-electron chi connectivity index (χ4n) is 0.618. The van der Waals surface area contributed by atoms with Gasteiger partial charge < -0.3 is 30.3 Å². The van der Waals surface area contributed by atoms with Gasteiger partial charge in [0, 0.05) is 0 Å². The van der Waals surface area contributed by atoms with Gasteiger partial charge in [-0.1, -0.05) is 5.50 Å². The fraction of sp³-hybridized carbons (Fsp3) is 0.833. The predicted molar refractivity (Wildman–Crippen MR) is 51.2 cm³/mol. The molecular weight excluding hydrogens is 245 g/mol. The zero-order valence-corrected chi connectivity index (χ0v) is 9.01. The number of aliphatic hydroxyl groups excluding tert-OH is 5. The number of carbonyl (C=O) groups is 1. The molecule has 0 aromatic rings. The SMILES string of the molecule is N[P+](=O)O.O=CC(O)C(O)C(O)C(O)CO. The fourth-order valence-corrected chi connectivity index (χ4v) is 0.618. The van der Waals surface area contributed by atoms with E-state index >= 15 is 0 Å². The number of aliphatic hydroxyl groups is 5. The zero-order valence-electron chi connectivity index (χ0n) is 8.12. The maximum Gasteiger partial charge on any atom is 0.607 e. The third-order valence-electron chi connectivity index (χ3n) is 1.42. The van der Waals surface area contributed by atoms with Crippen LogP contribution in [-0.2, 0) is 9.36 Å². The van der Waals surface area contributed by atoms with Gasteiger partial charge in [0.05, 0.1) is 6.61 Å². The highest BCUT2D eigenvalue weighted by Gasteiger charge is 2.29. The lowest BCUT2D eigenvalue weighted by molar-refractivity contribution is -0.136. The van der Waals surface area contributed by atoms with Crippen LogP contribution in [0.25, 0.3) is 0 Å². The molecule has 10 heteroatoms. The van der Waals surface area contributed by atoms with Crippen LogP contribution in [-0.4, -0.2) is 67.7 Å². The van der Waals surface area contributed by atoms with Crippen LogP contribution in [0.15, 0.2) is 0 Å². The molecule has 0 saturated carbocycles. The highest BCUT2D eigenvalue weighted by Crippen LogP contribution is 2.02. The number of carbonyl (C=O) groups excluding carboxylic acids is 1. The number of rotatable bonds is 5. The van der Waals surface area contributed by atoms with Gasteiger partial charge >= 0.3 is 8.18 Å². The number of nitrogens with two attached hydrogens (primary N) is 1. The predicted octanol–water partition coefficient (Wildman–Crippen LogP) is -3.78. The van der Waals surface area contributed by atoms with E-state index in [9.17, 15) is 4.79 Å². The van der Waals surface area contributed by atoms with Crippen LogP contribution < -0.4 is 5.50 Å². The second-order valence-corrected chi connectivity index (χ2v) is 3.27. The Bertz CT molecular complexity index is 211. The van der Waals surface area contributed by atoms with Crippen molar-refractivity contribution in [2.75, 3.05) is 6.61 Å². The van der Waals surface area contributed by atoms with Crippen molar-refractivity contribution in [3.63, 3.8) is 0 Å². The molecule has 0 amide bonds. The standard InChI is InChI=1S/C6H12O6.H2NO2P/c7-1-3(9)5(11)6(12)4(10)2-8;1-4(2)3/h1,3-6,8-12H,2H2;(H2-,1,2,3)/p+1. The van der Waals surface area contributed by atoms with Gasteiger partial charge in [0.15, 0.2) is 6.29 Å². The van der Waals surface area contributed by atoms with Crippen LogP contribution in [0.2, 0.25) is 0 Å². The van der Waals surface area contributed by atoms with Crippen molar-refractivity contribution in [1.29, 1.82) is 0 Å². The molecule has 0 spiro atoms. The van der Waals surface area contributed by atoms with Crippen molar-refractivity contribution in [3.8, 4) is 0 Å². The number of hydrogen-bond donors (Lipinski definition) is 7. The van der Waals surface area contributed by atoms with E-state index < -0.39 is 39.2 Å². The summed E-state index contributed by atoms with van der Waals surface area (Å²) in [6, 6.07) is 0. The molecule has 9 nitrogen and oxygen atoms in total. The summed E-state index contributed by atoms with van der Waals surface area (Å²) in [7, 11) is -2.37.